The Hall–Kier alpha value is -1.32. The molecule has 0 aliphatic heterocycles. The van der Waals surface area contributed by atoms with E-state index in [9.17, 15) is 0 Å². The third kappa shape index (κ3) is 2.26. The Balaban J connectivity index is 2.33. The lowest BCUT2D eigenvalue weighted by Gasteiger charge is -2.08. The standard InChI is InChI=1S/C12H14ClN3/c1-14-6-7-16-9-15-8-12(16)10-4-2-3-5-11(10)13/h2-5,8-9,14H,6-7H2,1H3. The fourth-order valence-electron chi connectivity index (χ4n) is 1.62. The summed E-state index contributed by atoms with van der Waals surface area (Å²) in [6.45, 7) is 1.80. The quantitative estimate of drug-likeness (QED) is 0.882. The summed E-state index contributed by atoms with van der Waals surface area (Å²) in [5, 5.41) is 3.88. The number of hydrogen-bond acceptors (Lipinski definition) is 2. The summed E-state index contributed by atoms with van der Waals surface area (Å²) in [7, 11) is 1.94. The van der Waals surface area contributed by atoms with Gasteiger partial charge in [-0.25, -0.2) is 4.98 Å². The minimum Gasteiger partial charge on any atom is -0.329 e. The van der Waals surface area contributed by atoms with E-state index in [-0.39, 0.29) is 0 Å². The van der Waals surface area contributed by atoms with Crippen LogP contribution < -0.4 is 5.32 Å². The molecule has 3 nitrogen and oxygen atoms in total. The summed E-state index contributed by atoms with van der Waals surface area (Å²) in [6.07, 6.45) is 3.67. The van der Waals surface area contributed by atoms with Gasteiger partial charge in [-0.15, -0.1) is 0 Å². The van der Waals surface area contributed by atoms with Crippen LogP contribution in [0.3, 0.4) is 0 Å². The molecule has 1 N–H and O–H groups in total. The minimum atomic E-state index is 0.758. The van der Waals surface area contributed by atoms with Gasteiger partial charge in [0, 0.05) is 23.7 Å². The zero-order chi connectivity index (χ0) is 11.4. The number of benzene rings is 1. The number of halogens is 1. The molecule has 0 unspecified atom stereocenters. The fraction of sp³-hybridized carbons (Fsp3) is 0.250. The topological polar surface area (TPSA) is 29.9 Å². The van der Waals surface area contributed by atoms with Gasteiger partial charge in [-0.05, 0) is 13.1 Å². The highest BCUT2D eigenvalue weighted by Crippen LogP contribution is 2.26. The van der Waals surface area contributed by atoms with Crippen molar-refractivity contribution in [3.05, 3.63) is 41.8 Å². The third-order valence-electron chi connectivity index (χ3n) is 2.46. The first-order valence-corrected chi connectivity index (χ1v) is 5.60. The molecule has 0 saturated heterocycles. The normalized spacial score (nSPS) is 10.6. The SMILES string of the molecule is CNCCn1cncc1-c1ccccc1Cl. The molecule has 2 aromatic rings. The summed E-state index contributed by atoms with van der Waals surface area (Å²) >= 11 is 6.16. The number of nitrogens with zero attached hydrogens (tertiary/aromatic N) is 2. The van der Waals surface area contributed by atoms with Crippen LogP contribution >= 0.6 is 11.6 Å². The molecular weight excluding hydrogens is 222 g/mol. The van der Waals surface area contributed by atoms with Crippen molar-refractivity contribution in [2.75, 3.05) is 13.6 Å². The van der Waals surface area contributed by atoms with Crippen molar-refractivity contribution in [1.29, 1.82) is 0 Å². The van der Waals surface area contributed by atoms with Crippen LogP contribution in [0.5, 0.6) is 0 Å². The molecule has 4 heteroatoms. The average Bonchev–Trinajstić information content (AvgIpc) is 2.75. The molecule has 0 aliphatic carbocycles. The number of nitrogens with one attached hydrogen (secondary N) is 1. The summed E-state index contributed by atoms with van der Waals surface area (Å²) in [4.78, 5) is 4.17. The second-order valence-electron chi connectivity index (χ2n) is 3.56. The molecule has 0 spiro atoms. The van der Waals surface area contributed by atoms with Gasteiger partial charge >= 0.3 is 0 Å². The molecule has 0 saturated carbocycles. The first-order valence-electron chi connectivity index (χ1n) is 5.22. The van der Waals surface area contributed by atoms with E-state index in [1.54, 1.807) is 0 Å². The number of likely N-dealkylation sites (N-methyl/N-ethyl adjacent to an activating group) is 1. The van der Waals surface area contributed by atoms with E-state index in [2.05, 4.69) is 14.9 Å². The predicted octanol–water partition coefficient (Wildman–Crippen LogP) is 2.42. The Labute approximate surface area is 100 Å². The molecule has 84 valence electrons. The molecular formula is C12H14ClN3. The van der Waals surface area contributed by atoms with Crippen molar-refractivity contribution in [3.63, 3.8) is 0 Å². The van der Waals surface area contributed by atoms with Crippen molar-refractivity contribution in [2.45, 2.75) is 6.54 Å². The lowest BCUT2D eigenvalue weighted by Crippen LogP contribution is -2.14. The van der Waals surface area contributed by atoms with Gasteiger partial charge in [0.25, 0.3) is 0 Å². The largest absolute Gasteiger partial charge is 0.329 e. The second kappa shape index (κ2) is 5.14. The highest BCUT2D eigenvalue weighted by atomic mass is 35.5. The third-order valence-corrected chi connectivity index (χ3v) is 2.79. The first-order chi connectivity index (χ1) is 7.83. The van der Waals surface area contributed by atoms with Crippen LogP contribution in [0.2, 0.25) is 5.02 Å². The zero-order valence-corrected chi connectivity index (χ0v) is 9.91. The zero-order valence-electron chi connectivity index (χ0n) is 9.15. The van der Waals surface area contributed by atoms with Crippen LogP contribution in [-0.4, -0.2) is 23.1 Å². The molecule has 16 heavy (non-hydrogen) atoms. The molecule has 1 heterocycles. The maximum absolute atomic E-state index is 6.16. The smallest absolute Gasteiger partial charge is 0.0951 e. The second-order valence-corrected chi connectivity index (χ2v) is 3.96. The van der Waals surface area contributed by atoms with Gasteiger partial charge in [0.15, 0.2) is 0 Å². The van der Waals surface area contributed by atoms with Gasteiger partial charge in [-0.2, -0.15) is 0 Å². The van der Waals surface area contributed by atoms with Gasteiger partial charge in [0.05, 0.1) is 18.2 Å². The van der Waals surface area contributed by atoms with Gasteiger partial charge in [-0.1, -0.05) is 29.8 Å². The Morgan fingerprint density at radius 1 is 1.38 bits per heavy atom. The van der Waals surface area contributed by atoms with E-state index < -0.39 is 0 Å². The molecule has 0 amide bonds. The van der Waals surface area contributed by atoms with Crippen molar-refractivity contribution >= 4 is 11.6 Å². The van der Waals surface area contributed by atoms with E-state index in [4.69, 9.17) is 11.6 Å². The molecule has 1 aromatic heterocycles. The molecule has 0 radical (unpaired) electrons. The number of imidazole rings is 1. The Morgan fingerprint density at radius 2 is 2.19 bits per heavy atom. The van der Waals surface area contributed by atoms with E-state index in [1.807, 2.05) is 43.8 Å². The summed E-state index contributed by atoms with van der Waals surface area (Å²) in [5.74, 6) is 0. The Bertz CT molecular complexity index is 465. The summed E-state index contributed by atoms with van der Waals surface area (Å²) in [6, 6.07) is 7.82. The van der Waals surface area contributed by atoms with Gasteiger partial charge in [-0.3, -0.25) is 0 Å². The molecule has 0 atom stereocenters. The van der Waals surface area contributed by atoms with Gasteiger partial charge < -0.3 is 9.88 Å². The van der Waals surface area contributed by atoms with Crippen LogP contribution in [0.15, 0.2) is 36.8 Å². The van der Waals surface area contributed by atoms with Crippen LogP contribution in [-0.2, 0) is 6.54 Å². The molecule has 0 fully saturated rings. The van der Waals surface area contributed by atoms with Gasteiger partial charge in [0.2, 0.25) is 0 Å². The van der Waals surface area contributed by atoms with Crippen LogP contribution in [0, 0.1) is 0 Å². The van der Waals surface area contributed by atoms with E-state index >= 15 is 0 Å². The maximum Gasteiger partial charge on any atom is 0.0951 e. The number of hydrogen-bond donors (Lipinski definition) is 1. The number of aromatic nitrogens is 2. The molecule has 0 bridgehead atoms. The lowest BCUT2D eigenvalue weighted by molar-refractivity contribution is 0.648. The maximum atomic E-state index is 6.16. The molecule has 1 aromatic carbocycles. The minimum absolute atomic E-state index is 0.758. The molecule has 2 rings (SSSR count). The Morgan fingerprint density at radius 3 is 2.94 bits per heavy atom. The van der Waals surface area contributed by atoms with E-state index in [0.29, 0.717) is 0 Å². The van der Waals surface area contributed by atoms with Crippen molar-refractivity contribution < 1.29 is 0 Å². The first kappa shape index (κ1) is 11.2. The monoisotopic (exact) mass is 235 g/mol. The predicted molar refractivity (Wildman–Crippen MR) is 66.6 cm³/mol. The molecule has 0 aliphatic rings. The van der Waals surface area contributed by atoms with Crippen molar-refractivity contribution in [2.24, 2.45) is 0 Å². The summed E-state index contributed by atoms with van der Waals surface area (Å²) < 4.78 is 2.09. The average molecular weight is 236 g/mol. The number of rotatable bonds is 4. The van der Waals surface area contributed by atoms with Crippen LogP contribution in [0.25, 0.3) is 11.3 Å². The fourth-order valence-corrected chi connectivity index (χ4v) is 1.86. The van der Waals surface area contributed by atoms with E-state index in [0.717, 1.165) is 29.4 Å². The summed E-state index contributed by atoms with van der Waals surface area (Å²) in [5.41, 5.74) is 2.08. The Kier molecular flexibility index (Phi) is 3.59. The van der Waals surface area contributed by atoms with E-state index in [1.165, 1.54) is 0 Å². The van der Waals surface area contributed by atoms with Crippen LogP contribution in [0.1, 0.15) is 0 Å². The van der Waals surface area contributed by atoms with Crippen LogP contribution in [0.4, 0.5) is 0 Å². The van der Waals surface area contributed by atoms with Crippen molar-refractivity contribution in [3.8, 4) is 11.3 Å². The lowest BCUT2D eigenvalue weighted by atomic mass is 10.1. The highest BCUT2D eigenvalue weighted by molar-refractivity contribution is 6.33. The van der Waals surface area contributed by atoms with Crippen molar-refractivity contribution in [1.82, 2.24) is 14.9 Å². The van der Waals surface area contributed by atoms with Gasteiger partial charge in [0.1, 0.15) is 0 Å². The highest BCUT2D eigenvalue weighted by Gasteiger charge is 2.07.